The van der Waals surface area contributed by atoms with Gasteiger partial charge in [0.05, 0.1) is 30.7 Å². The fraction of sp³-hybridized carbons (Fsp3) is 0.867. The number of carbonyl (C=O) groups is 4. The van der Waals surface area contributed by atoms with Crippen molar-refractivity contribution in [1.82, 2.24) is 0 Å². The van der Waals surface area contributed by atoms with Gasteiger partial charge in [0.25, 0.3) is 0 Å². The number of aliphatic carboxylic acids is 1. The molecule has 1 unspecified atom stereocenters. The first-order valence-electron chi connectivity index (χ1n) is 14.5. The molecule has 0 spiro atoms. The highest BCUT2D eigenvalue weighted by Crippen LogP contribution is 2.21. The lowest BCUT2D eigenvalue weighted by Gasteiger charge is -2.20. The van der Waals surface area contributed by atoms with Crippen LogP contribution < -0.4 is 0 Å². The summed E-state index contributed by atoms with van der Waals surface area (Å²) < 4.78 is 15.8. The zero-order chi connectivity index (χ0) is 29.6. The summed E-state index contributed by atoms with van der Waals surface area (Å²) in [5.74, 6) is -0.904. The molecule has 0 aliphatic heterocycles. The van der Waals surface area contributed by atoms with E-state index in [1.807, 2.05) is 27.7 Å². The molecule has 0 aromatic heterocycles. The van der Waals surface area contributed by atoms with E-state index in [1.54, 1.807) is 13.8 Å². The predicted molar refractivity (Wildman–Crippen MR) is 150 cm³/mol. The van der Waals surface area contributed by atoms with Gasteiger partial charge in [-0.05, 0) is 78.6 Å². The lowest BCUT2D eigenvalue weighted by atomic mass is 9.91. The Morgan fingerprint density at radius 1 is 0.684 bits per heavy atom. The molecule has 0 aliphatic rings. The minimum atomic E-state index is -0.722. The van der Waals surface area contributed by atoms with Crippen LogP contribution in [-0.4, -0.2) is 48.8 Å². The molecular weight excluding hydrogens is 488 g/mol. The van der Waals surface area contributed by atoms with Gasteiger partial charge in [0.2, 0.25) is 0 Å². The highest BCUT2D eigenvalue weighted by Gasteiger charge is 2.27. The first-order chi connectivity index (χ1) is 17.8. The molecule has 1 atom stereocenters. The van der Waals surface area contributed by atoms with Gasteiger partial charge in [0.1, 0.15) is 0 Å². The van der Waals surface area contributed by atoms with Gasteiger partial charge >= 0.3 is 23.9 Å². The van der Waals surface area contributed by atoms with Crippen molar-refractivity contribution >= 4 is 23.9 Å². The molecule has 8 nitrogen and oxygen atoms in total. The normalized spacial score (nSPS) is 12.1. The van der Waals surface area contributed by atoms with Crippen molar-refractivity contribution in [2.75, 3.05) is 19.8 Å². The Labute approximate surface area is 231 Å². The van der Waals surface area contributed by atoms with Crippen LogP contribution in [0.3, 0.4) is 0 Å². The first kappa shape index (κ1) is 38.0. The minimum Gasteiger partial charge on any atom is -0.481 e. The monoisotopic (exact) mass is 544 g/mol. The van der Waals surface area contributed by atoms with Crippen LogP contribution in [-0.2, 0) is 33.4 Å². The third kappa shape index (κ3) is 19.9. The van der Waals surface area contributed by atoms with E-state index in [0.29, 0.717) is 44.8 Å². The maximum atomic E-state index is 11.8. The summed E-state index contributed by atoms with van der Waals surface area (Å²) in [6.07, 6.45) is 9.30. The van der Waals surface area contributed by atoms with E-state index >= 15 is 0 Å². The Kier molecular flexibility index (Phi) is 21.8. The van der Waals surface area contributed by atoms with Crippen molar-refractivity contribution in [3.8, 4) is 0 Å². The number of carboxylic acid groups (broad SMARTS) is 1. The van der Waals surface area contributed by atoms with Crippen LogP contribution in [0.25, 0.3) is 0 Å². The van der Waals surface area contributed by atoms with Crippen molar-refractivity contribution in [2.24, 2.45) is 16.7 Å². The molecule has 1 N–H and O–H groups in total. The molecule has 0 aliphatic carbocycles. The largest absolute Gasteiger partial charge is 0.481 e. The van der Waals surface area contributed by atoms with Crippen molar-refractivity contribution < 1.29 is 38.5 Å². The van der Waals surface area contributed by atoms with E-state index in [-0.39, 0.29) is 30.9 Å². The van der Waals surface area contributed by atoms with Gasteiger partial charge in [0.15, 0.2) is 0 Å². The Morgan fingerprint density at radius 2 is 1.24 bits per heavy atom. The number of carboxylic acids is 1. The highest BCUT2D eigenvalue weighted by molar-refractivity contribution is 5.76. The van der Waals surface area contributed by atoms with Crippen molar-refractivity contribution in [1.29, 1.82) is 0 Å². The van der Waals surface area contributed by atoms with Crippen LogP contribution in [0.4, 0.5) is 0 Å². The van der Waals surface area contributed by atoms with Crippen molar-refractivity contribution in [3.63, 3.8) is 0 Å². The molecule has 0 aromatic rings. The summed E-state index contributed by atoms with van der Waals surface area (Å²) in [6, 6.07) is 0. The smallest absolute Gasteiger partial charge is 0.311 e. The van der Waals surface area contributed by atoms with Crippen molar-refractivity contribution in [3.05, 3.63) is 0 Å². The quantitative estimate of drug-likeness (QED) is 0.0978. The fourth-order valence-corrected chi connectivity index (χ4v) is 2.86. The molecule has 0 amide bonds. The van der Waals surface area contributed by atoms with Gasteiger partial charge in [0, 0.05) is 12.8 Å². The van der Waals surface area contributed by atoms with E-state index in [4.69, 9.17) is 19.3 Å². The average Bonchev–Trinajstić information content (AvgIpc) is 2.88. The second-order valence-corrected chi connectivity index (χ2v) is 11.2. The lowest BCUT2D eigenvalue weighted by molar-refractivity contribution is -0.155. The zero-order valence-electron chi connectivity index (χ0n) is 25.5. The van der Waals surface area contributed by atoms with Crippen LogP contribution in [0, 0.1) is 16.7 Å². The first-order valence-corrected chi connectivity index (χ1v) is 14.5. The second kappa shape index (κ2) is 21.8. The molecule has 0 heterocycles. The number of rotatable bonds is 20. The maximum absolute atomic E-state index is 11.8. The summed E-state index contributed by atoms with van der Waals surface area (Å²) >= 11 is 0. The van der Waals surface area contributed by atoms with Gasteiger partial charge in [-0.1, -0.05) is 47.0 Å². The SMILES string of the molecule is CCC(C)(C)C(=O)O.CCCCC(CC)COC(=O)CCCCCOC(=O)CCCOC(=O)C(C)(C)CC. The third-order valence-electron chi connectivity index (χ3n) is 6.97. The van der Waals surface area contributed by atoms with Gasteiger partial charge in [-0.15, -0.1) is 0 Å². The lowest BCUT2D eigenvalue weighted by Crippen LogP contribution is -2.26. The average molecular weight is 545 g/mol. The third-order valence-corrected chi connectivity index (χ3v) is 6.97. The molecular formula is C30H56O8. The summed E-state index contributed by atoms with van der Waals surface area (Å²) in [5.41, 5.74) is -1.03. The summed E-state index contributed by atoms with van der Waals surface area (Å²) in [6.45, 7) is 16.4. The van der Waals surface area contributed by atoms with Gasteiger partial charge in [-0.25, -0.2) is 0 Å². The fourth-order valence-electron chi connectivity index (χ4n) is 2.86. The number of ether oxygens (including phenoxy) is 3. The van der Waals surface area contributed by atoms with Crippen LogP contribution in [0.1, 0.15) is 132 Å². The Hall–Kier alpha value is -2.12. The highest BCUT2D eigenvalue weighted by atomic mass is 16.5. The molecule has 0 saturated carbocycles. The number of hydrogen-bond acceptors (Lipinski definition) is 7. The minimum absolute atomic E-state index is 0.136. The van der Waals surface area contributed by atoms with Crippen LogP contribution in [0.5, 0.6) is 0 Å². The predicted octanol–water partition coefficient (Wildman–Crippen LogP) is 7.12. The van der Waals surface area contributed by atoms with E-state index in [1.165, 1.54) is 12.8 Å². The van der Waals surface area contributed by atoms with Crippen molar-refractivity contribution in [2.45, 2.75) is 132 Å². The summed E-state index contributed by atoms with van der Waals surface area (Å²) in [7, 11) is 0. The van der Waals surface area contributed by atoms with E-state index in [2.05, 4.69) is 13.8 Å². The van der Waals surface area contributed by atoms with E-state index in [9.17, 15) is 19.2 Å². The van der Waals surface area contributed by atoms with Crippen LogP contribution in [0.15, 0.2) is 0 Å². The standard InChI is InChI=1S/C24H44O6.C6H12O2/c1-6-9-14-20(7-2)19-30-22(26)15-11-10-12-17-28-21(25)16-13-18-29-23(27)24(4,5)8-3;1-4-6(2,3)5(7)8/h20H,6-19H2,1-5H3;4H2,1-3H3,(H,7,8). The molecule has 0 rings (SSSR count). The maximum Gasteiger partial charge on any atom is 0.311 e. The topological polar surface area (TPSA) is 116 Å². The molecule has 38 heavy (non-hydrogen) atoms. The van der Waals surface area contributed by atoms with Crippen LogP contribution in [0.2, 0.25) is 0 Å². The number of esters is 3. The van der Waals surface area contributed by atoms with Gasteiger partial charge < -0.3 is 19.3 Å². The number of carbonyl (C=O) groups excluding carboxylic acids is 3. The van der Waals surface area contributed by atoms with Gasteiger partial charge in [-0.3, -0.25) is 19.2 Å². The molecule has 0 radical (unpaired) electrons. The number of hydrogen-bond donors (Lipinski definition) is 1. The molecule has 224 valence electrons. The molecule has 0 aromatic carbocycles. The van der Waals surface area contributed by atoms with E-state index < -0.39 is 16.8 Å². The zero-order valence-corrected chi connectivity index (χ0v) is 25.5. The Morgan fingerprint density at radius 3 is 1.74 bits per heavy atom. The Bertz CT molecular complexity index is 669. The van der Waals surface area contributed by atoms with E-state index in [0.717, 1.165) is 32.1 Å². The Balaban J connectivity index is 0. The van der Waals surface area contributed by atoms with Gasteiger partial charge in [-0.2, -0.15) is 0 Å². The number of unbranched alkanes of at least 4 members (excludes halogenated alkanes) is 3. The summed E-state index contributed by atoms with van der Waals surface area (Å²) in [5, 5.41) is 8.44. The molecule has 0 saturated heterocycles. The van der Waals surface area contributed by atoms with Crippen LogP contribution >= 0.6 is 0 Å². The molecule has 0 fully saturated rings. The molecule has 0 bridgehead atoms. The second-order valence-electron chi connectivity index (χ2n) is 11.2. The summed E-state index contributed by atoms with van der Waals surface area (Å²) in [4.78, 5) is 45.6. The molecule has 8 heteroatoms.